The Morgan fingerprint density at radius 2 is 1.93 bits per heavy atom. The first kappa shape index (κ1) is 20.3. The number of benzene rings is 1. The SMILES string of the molecule is CC1=C(CN2CCC(n3c([C@H]4CCNC4)nc4ccccc43)CC2)C(C)(C)CCC1. The maximum atomic E-state index is 5.11. The minimum absolute atomic E-state index is 0.377. The second-order valence-electron chi connectivity index (χ2n) is 10.5. The number of likely N-dealkylation sites (tertiary alicyclic amines) is 1. The van der Waals surface area contributed by atoms with Gasteiger partial charge in [-0.05, 0) is 69.5 Å². The monoisotopic (exact) mass is 406 g/mol. The average molecular weight is 407 g/mol. The summed E-state index contributed by atoms with van der Waals surface area (Å²) in [6.07, 6.45) is 7.69. The van der Waals surface area contributed by atoms with Crippen molar-refractivity contribution in [2.45, 2.75) is 71.3 Å². The van der Waals surface area contributed by atoms with Crippen LogP contribution in [-0.2, 0) is 0 Å². The second-order valence-corrected chi connectivity index (χ2v) is 10.5. The van der Waals surface area contributed by atoms with Crippen LogP contribution in [0, 0.1) is 5.41 Å². The normalized spacial score (nSPS) is 26.0. The summed E-state index contributed by atoms with van der Waals surface area (Å²) in [6.45, 7) is 13.1. The third-order valence-electron chi connectivity index (χ3n) is 8.04. The van der Waals surface area contributed by atoms with Gasteiger partial charge in [0.15, 0.2) is 0 Å². The summed E-state index contributed by atoms with van der Waals surface area (Å²) < 4.78 is 2.62. The molecule has 3 aliphatic rings. The Balaban J connectivity index is 1.35. The molecule has 1 atom stereocenters. The molecular formula is C26H38N4. The van der Waals surface area contributed by atoms with Gasteiger partial charge in [0.25, 0.3) is 0 Å². The van der Waals surface area contributed by atoms with Crippen LogP contribution < -0.4 is 5.32 Å². The maximum absolute atomic E-state index is 5.11. The molecule has 0 spiro atoms. The number of rotatable bonds is 4. The van der Waals surface area contributed by atoms with Crippen molar-refractivity contribution in [2.75, 3.05) is 32.7 Å². The number of aromatic nitrogens is 2. The number of imidazole rings is 1. The Kier molecular flexibility index (Phi) is 5.49. The largest absolute Gasteiger partial charge is 0.324 e. The summed E-state index contributed by atoms with van der Waals surface area (Å²) in [7, 11) is 0. The summed E-state index contributed by atoms with van der Waals surface area (Å²) in [5.41, 5.74) is 6.27. The van der Waals surface area contributed by atoms with Crippen LogP contribution in [0.15, 0.2) is 35.4 Å². The Labute approximate surface area is 181 Å². The van der Waals surface area contributed by atoms with E-state index in [-0.39, 0.29) is 0 Å². The molecule has 1 aromatic heterocycles. The molecule has 0 bridgehead atoms. The lowest BCUT2D eigenvalue weighted by molar-refractivity contribution is 0.184. The van der Waals surface area contributed by atoms with E-state index in [0.29, 0.717) is 17.4 Å². The Hall–Kier alpha value is -1.65. The first-order valence-corrected chi connectivity index (χ1v) is 12.1. The van der Waals surface area contributed by atoms with Crippen LogP contribution >= 0.6 is 0 Å². The predicted octanol–water partition coefficient (Wildman–Crippen LogP) is 5.28. The van der Waals surface area contributed by atoms with Crippen molar-refractivity contribution in [1.82, 2.24) is 19.8 Å². The van der Waals surface area contributed by atoms with Crippen molar-refractivity contribution < 1.29 is 0 Å². The van der Waals surface area contributed by atoms with E-state index in [4.69, 9.17) is 4.98 Å². The topological polar surface area (TPSA) is 33.1 Å². The number of nitrogens with zero attached hydrogens (tertiary/aromatic N) is 3. The van der Waals surface area contributed by atoms with Crippen molar-refractivity contribution in [1.29, 1.82) is 0 Å². The van der Waals surface area contributed by atoms with E-state index in [0.717, 1.165) is 13.1 Å². The molecule has 30 heavy (non-hydrogen) atoms. The zero-order valence-corrected chi connectivity index (χ0v) is 19.1. The smallest absolute Gasteiger partial charge is 0.114 e. The fourth-order valence-corrected chi connectivity index (χ4v) is 6.19. The standard InChI is InChI=1S/C26H38N4/c1-19-7-6-13-26(2,3)22(19)18-29-15-11-21(12-16-29)30-24-9-5-4-8-23(24)28-25(30)20-10-14-27-17-20/h4-5,8-9,20-21,27H,6-7,10-18H2,1-3H3/t20-/m0/s1. The Morgan fingerprint density at radius 1 is 1.13 bits per heavy atom. The Bertz CT molecular complexity index is 924. The van der Waals surface area contributed by atoms with Gasteiger partial charge in [-0.3, -0.25) is 4.90 Å². The van der Waals surface area contributed by atoms with E-state index >= 15 is 0 Å². The first-order chi connectivity index (χ1) is 14.5. The van der Waals surface area contributed by atoms with Crippen molar-refractivity contribution in [3.63, 3.8) is 0 Å². The van der Waals surface area contributed by atoms with E-state index in [1.165, 1.54) is 75.0 Å². The number of fused-ring (bicyclic) bond motifs is 1. The highest BCUT2D eigenvalue weighted by atomic mass is 15.2. The van der Waals surface area contributed by atoms with Crippen molar-refractivity contribution >= 4 is 11.0 Å². The fourth-order valence-electron chi connectivity index (χ4n) is 6.19. The number of hydrogen-bond acceptors (Lipinski definition) is 3. The van der Waals surface area contributed by atoms with Gasteiger partial charge in [-0.15, -0.1) is 0 Å². The molecule has 2 saturated heterocycles. The van der Waals surface area contributed by atoms with Gasteiger partial charge in [-0.1, -0.05) is 37.1 Å². The lowest BCUT2D eigenvalue weighted by atomic mass is 9.72. The molecule has 4 nitrogen and oxygen atoms in total. The number of para-hydroxylation sites is 2. The van der Waals surface area contributed by atoms with Crippen molar-refractivity contribution in [3.8, 4) is 0 Å². The van der Waals surface area contributed by atoms with Crippen LogP contribution in [0.5, 0.6) is 0 Å². The number of nitrogens with one attached hydrogen (secondary N) is 1. The molecule has 3 heterocycles. The van der Waals surface area contributed by atoms with E-state index in [1.54, 1.807) is 11.1 Å². The van der Waals surface area contributed by atoms with Gasteiger partial charge < -0.3 is 9.88 Å². The lowest BCUT2D eigenvalue weighted by Crippen LogP contribution is -2.39. The van der Waals surface area contributed by atoms with Crippen molar-refractivity contribution in [2.24, 2.45) is 5.41 Å². The fraction of sp³-hybridized carbons (Fsp3) is 0.654. The zero-order valence-electron chi connectivity index (χ0n) is 19.1. The summed E-state index contributed by atoms with van der Waals surface area (Å²) in [5, 5.41) is 3.54. The zero-order chi connectivity index (χ0) is 20.7. The number of hydrogen-bond donors (Lipinski definition) is 1. The molecule has 5 rings (SSSR count). The van der Waals surface area contributed by atoms with Gasteiger partial charge in [0, 0.05) is 38.1 Å². The third kappa shape index (κ3) is 3.73. The minimum Gasteiger partial charge on any atom is -0.324 e. The molecule has 2 fully saturated rings. The van der Waals surface area contributed by atoms with Gasteiger partial charge in [0.2, 0.25) is 0 Å². The van der Waals surface area contributed by atoms with E-state index in [9.17, 15) is 0 Å². The van der Waals surface area contributed by atoms with Gasteiger partial charge in [0.05, 0.1) is 11.0 Å². The van der Waals surface area contributed by atoms with E-state index < -0.39 is 0 Å². The van der Waals surface area contributed by atoms with Crippen LogP contribution in [0.1, 0.15) is 77.1 Å². The van der Waals surface area contributed by atoms with Gasteiger partial charge in [0.1, 0.15) is 5.82 Å². The molecule has 0 radical (unpaired) electrons. The molecule has 2 aromatic rings. The van der Waals surface area contributed by atoms with Gasteiger partial charge >= 0.3 is 0 Å². The molecule has 1 N–H and O–H groups in total. The summed E-state index contributed by atoms with van der Waals surface area (Å²) >= 11 is 0. The number of allylic oxidation sites excluding steroid dienone is 1. The van der Waals surface area contributed by atoms with Crippen LogP contribution in [-0.4, -0.2) is 47.2 Å². The van der Waals surface area contributed by atoms with Crippen molar-refractivity contribution in [3.05, 3.63) is 41.2 Å². The Morgan fingerprint density at radius 3 is 2.67 bits per heavy atom. The van der Waals surface area contributed by atoms with Gasteiger partial charge in [-0.25, -0.2) is 4.98 Å². The number of piperidine rings is 1. The molecule has 4 heteroatoms. The van der Waals surface area contributed by atoms with E-state index in [2.05, 4.69) is 59.8 Å². The quantitative estimate of drug-likeness (QED) is 0.702. The van der Waals surface area contributed by atoms with Crippen LogP contribution in [0.3, 0.4) is 0 Å². The molecule has 0 unspecified atom stereocenters. The molecule has 1 aromatic carbocycles. The summed E-state index contributed by atoms with van der Waals surface area (Å²) in [5.74, 6) is 1.89. The maximum Gasteiger partial charge on any atom is 0.114 e. The van der Waals surface area contributed by atoms with Crippen LogP contribution in [0.25, 0.3) is 11.0 Å². The van der Waals surface area contributed by atoms with E-state index in [1.807, 2.05) is 0 Å². The van der Waals surface area contributed by atoms with Gasteiger partial charge in [-0.2, -0.15) is 0 Å². The third-order valence-corrected chi connectivity index (χ3v) is 8.04. The highest BCUT2D eigenvalue weighted by molar-refractivity contribution is 5.76. The summed E-state index contributed by atoms with van der Waals surface area (Å²) in [6, 6.07) is 9.35. The molecule has 0 amide bonds. The minimum atomic E-state index is 0.377. The lowest BCUT2D eigenvalue weighted by Gasteiger charge is -2.40. The second kappa shape index (κ2) is 8.12. The predicted molar refractivity (Wildman–Crippen MR) is 125 cm³/mol. The molecular weight excluding hydrogens is 368 g/mol. The molecule has 162 valence electrons. The summed E-state index contributed by atoms with van der Waals surface area (Å²) in [4.78, 5) is 7.83. The van der Waals surface area contributed by atoms with Crippen LogP contribution in [0.4, 0.5) is 0 Å². The highest BCUT2D eigenvalue weighted by Crippen LogP contribution is 2.41. The first-order valence-electron chi connectivity index (χ1n) is 12.1. The highest BCUT2D eigenvalue weighted by Gasteiger charge is 2.32. The molecule has 2 aliphatic heterocycles. The molecule has 0 saturated carbocycles. The average Bonchev–Trinajstić information content (AvgIpc) is 3.39. The van der Waals surface area contributed by atoms with Crippen LogP contribution in [0.2, 0.25) is 0 Å². The molecule has 1 aliphatic carbocycles.